The van der Waals surface area contributed by atoms with Gasteiger partial charge in [0.2, 0.25) is 5.91 Å². The second-order valence-corrected chi connectivity index (χ2v) is 5.92. The van der Waals surface area contributed by atoms with Crippen LogP contribution in [-0.4, -0.2) is 30.5 Å². The maximum atomic E-state index is 11.6. The molecule has 1 fully saturated rings. The van der Waals surface area contributed by atoms with E-state index in [0.717, 1.165) is 36.6 Å². The molecule has 2 rings (SSSR count). The van der Waals surface area contributed by atoms with Gasteiger partial charge >= 0.3 is 0 Å². The summed E-state index contributed by atoms with van der Waals surface area (Å²) in [5.74, 6) is 0.866. The molecule has 18 heavy (non-hydrogen) atoms. The maximum Gasteiger partial charge on any atom is 0.220 e. The summed E-state index contributed by atoms with van der Waals surface area (Å²) in [6, 6.07) is 0. The normalized spacial score (nSPS) is 19.1. The summed E-state index contributed by atoms with van der Waals surface area (Å²) >= 11 is 1.66. The summed E-state index contributed by atoms with van der Waals surface area (Å²) in [7, 11) is 0. The first kappa shape index (κ1) is 13.5. The Balaban J connectivity index is 1.57. The lowest BCUT2D eigenvalue weighted by Gasteiger charge is -2.08. The van der Waals surface area contributed by atoms with Crippen LogP contribution in [0, 0.1) is 12.8 Å². The number of carbonyl (C=O) groups excluding carboxylic acids is 1. The molecule has 4 nitrogen and oxygen atoms in total. The first-order chi connectivity index (χ1) is 8.74. The van der Waals surface area contributed by atoms with Gasteiger partial charge in [-0.15, -0.1) is 11.3 Å². The largest absolute Gasteiger partial charge is 0.356 e. The van der Waals surface area contributed by atoms with Crippen LogP contribution in [0.5, 0.6) is 0 Å². The van der Waals surface area contributed by atoms with Gasteiger partial charge in [0.1, 0.15) is 0 Å². The zero-order valence-corrected chi connectivity index (χ0v) is 11.7. The molecule has 1 aliphatic heterocycles. The van der Waals surface area contributed by atoms with Crippen LogP contribution >= 0.6 is 11.3 Å². The molecule has 1 aliphatic rings. The predicted octanol–water partition coefficient (Wildman–Crippen LogP) is 1.50. The van der Waals surface area contributed by atoms with E-state index in [1.54, 1.807) is 11.3 Å². The molecule has 1 aromatic rings. The van der Waals surface area contributed by atoms with E-state index in [-0.39, 0.29) is 5.91 Å². The Morgan fingerprint density at radius 3 is 3.22 bits per heavy atom. The van der Waals surface area contributed by atoms with Crippen molar-refractivity contribution >= 4 is 17.2 Å². The molecule has 0 aromatic carbocycles. The average molecular weight is 267 g/mol. The fourth-order valence-corrected chi connectivity index (χ4v) is 2.88. The summed E-state index contributed by atoms with van der Waals surface area (Å²) < 4.78 is 0. The SMILES string of the molecule is Cc1nc(CCNC(=O)CCC2CCNC2)cs1. The number of hydrogen-bond acceptors (Lipinski definition) is 4. The van der Waals surface area contributed by atoms with Gasteiger partial charge in [-0.1, -0.05) is 0 Å². The molecule has 0 saturated carbocycles. The summed E-state index contributed by atoms with van der Waals surface area (Å²) in [6.45, 7) is 4.88. The lowest BCUT2D eigenvalue weighted by molar-refractivity contribution is -0.121. The highest BCUT2D eigenvalue weighted by atomic mass is 32.1. The topological polar surface area (TPSA) is 54.0 Å². The van der Waals surface area contributed by atoms with Gasteiger partial charge in [-0.3, -0.25) is 4.79 Å². The van der Waals surface area contributed by atoms with Crippen molar-refractivity contribution in [2.75, 3.05) is 19.6 Å². The van der Waals surface area contributed by atoms with Crippen molar-refractivity contribution in [1.29, 1.82) is 0 Å². The second kappa shape index (κ2) is 6.85. The fourth-order valence-electron chi connectivity index (χ4n) is 2.24. The van der Waals surface area contributed by atoms with Crippen molar-refractivity contribution in [3.8, 4) is 0 Å². The Bertz CT molecular complexity index is 385. The number of aromatic nitrogens is 1. The number of amides is 1. The molecular weight excluding hydrogens is 246 g/mol. The van der Waals surface area contributed by atoms with Gasteiger partial charge in [0, 0.05) is 24.8 Å². The van der Waals surface area contributed by atoms with E-state index in [4.69, 9.17) is 0 Å². The minimum Gasteiger partial charge on any atom is -0.356 e. The fraction of sp³-hybridized carbons (Fsp3) is 0.692. The van der Waals surface area contributed by atoms with E-state index in [1.807, 2.05) is 6.92 Å². The Morgan fingerprint density at radius 2 is 2.56 bits per heavy atom. The molecule has 0 bridgehead atoms. The van der Waals surface area contributed by atoms with Crippen molar-refractivity contribution in [2.45, 2.75) is 32.6 Å². The van der Waals surface area contributed by atoms with Crippen LogP contribution in [-0.2, 0) is 11.2 Å². The molecule has 1 aromatic heterocycles. The summed E-state index contributed by atoms with van der Waals surface area (Å²) in [6.07, 6.45) is 3.71. The number of hydrogen-bond donors (Lipinski definition) is 2. The minimum absolute atomic E-state index is 0.175. The predicted molar refractivity (Wildman–Crippen MR) is 73.8 cm³/mol. The molecule has 0 spiro atoms. The number of thiazole rings is 1. The third kappa shape index (κ3) is 4.38. The van der Waals surface area contributed by atoms with Gasteiger partial charge in [-0.05, 0) is 38.8 Å². The highest BCUT2D eigenvalue weighted by Crippen LogP contribution is 2.14. The first-order valence-electron chi connectivity index (χ1n) is 6.62. The third-order valence-corrected chi connectivity index (χ3v) is 4.13. The number of carbonyl (C=O) groups is 1. The maximum absolute atomic E-state index is 11.6. The van der Waals surface area contributed by atoms with E-state index < -0.39 is 0 Å². The van der Waals surface area contributed by atoms with Gasteiger partial charge < -0.3 is 10.6 Å². The monoisotopic (exact) mass is 267 g/mol. The summed E-state index contributed by atoms with van der Waals surface area (Å²) in [5, 5.41) is 9.44. The quantitative estimate of drug-likeness (QED) is 0.821. The molecule has 1 amide bonds. The van der Waals surface area contributed by atoms with Gasteiger partial charge in [0.05, 0.1) is 10.7 Å². The van der Waals surface area contributed by atoms with Crippen molar-refractivity contribution in [2.24, 2.45) is 5.92 Å². The van der Waals surface area contributed by atoms with Crippen LogP contribution in [0.2, 0.25) is 0 Å². The number of nitrogens with zero attached hydrogens (tertiary/aromatic N) is 1. The number of rotatable bonds is 6. The first-order valence-corrected chi connectivity index (χ1v) is 7.50. The molecule has 100 valence electrons. The van der Waals surface area contributed by atoms with E-state index in [9.17, 15) is 4.79 Å². The third-order valence-electron chi connectivity index (χ3n) is 3.31. The standard InChI is InChI=1S/C13H21N3OS/c1-10-16-12(9-18-10)5-7-15-13(17)3-2-11-4-6-14-8-11/h9,11,14H,2-8H2,1H3,(H,15,17). The van der Waals surface area contributed by atoms with E-state index in [0.29, 0.717) is 18.9 Å². The molecular formula is C13H21N3OS. The summed E-state index contributed by atoms with van der Waals surface area (Å²) in [5.41, 5.74) is 1.08. The molecule has 5 heteroatoms. The van der Waals surface area contributed by atoms with Crippen LogP contribution in [0.25, 0.3) is 0 Å². The second-order valence-electron chi connectivity index (χ2n) is 4.86. The van der Waals surface area contributed by atoms with Crippen LogP contribution in [0.4, 0.5) is 0 Å². The van der Waals surface area contributed by atoms with Gasteiger partial charge in [0.15, 0.2) is 0 Å². The van der Waals surface area contributed by atoms with Crippen molar-refractivity contribution in [1.82, 2.24) is 15.6 Å². The van der Waals surface area contributed by atoms with Crippen molar-refractivity contribution in [3.05, 3.63) is 16.1 Å². The Morgan fingerprint density at radius 1 is 1.67 bits per heavy atom. The Labute approximate surface area is 112 Å². The molecule has 0 aliphatic carbocycles. The Hall–Kier alpha value is -0.940. The van der Waals surface area contributed by atoms with Crippen LogP contribution in [0.15, 0.2) is 5.38 Å². The highest BCUT2D eigenvalue weighted by Gasteiger charge is 2.15. The molecule has 2 N–H and O–H groups in total. The van der Waals surface area contributed by atoms with Gasteiger partial charge in [-0.2, -0.15) is 0 Å². The van der Waals surface area contributed by atoms with Crippen molar-refractivity contribution < 1.29 is 4.79 Å². The van der Waals surface area contributed by atoms with Crippen LogP contribution in [0.3, 0.4) is 0 Å². The number of aryl methyl sites for hydroxylation is 1. The smallest absolute Gasteiger partial charge is 0.220 e. The van der Waals surface area contributed by atoms with Crippen molar-refractivity contribution in [3.63, 3.8) is 0 Å². The molecule has 1 saturated heterocycles. The van der Waals surface area contributed by atoms with E-state index in [1.165, 1.54) is 6.42 Å². The molecule has 1 unspecified atom stereocenters. The summed E-state index contributed by atoms with van der Waals surface area (Å²) in [4.78, 5) is 16.0. The van der Waals surface area contributed by atoms with Crippen LogP contribution < -0.4 is 10.6 Å². The zero-order chi connectivity index (χ0) is 12.8. The number of nitrogens with one attached hydrogen (secondary N) is 2. The van der Waals surface area contributed by atoms with Gasteiger partial charge in [-0.25, -0.2) is 4.98 Å². The average Bonchev–Trinajstić information content (AvgIpc) is 2.98. The Kier molecular flexibility index (Phi) is 5.13. The zero-order valence-electron chi connectivity index (χ0n) is 10.9. The minimum atomic E-state index is 0.175. The van der Waals surface area contributed by atoms with E-state index in [2.05, 4.69) is 21.0 Å². The highest BCUT2D eigenvalue weighted by molar-refractivity contribution is 7.09. The molecule has 0 radical (unpaired) electrons. The lowest BCUT2D eigenvalue weighted by atomic mass is 10.0. The van der Waals surface area contributed by atoms with E-state index >= 15 is 0 Å². The lowest BCUT2D eigenvalue weighted by Crippen LogP contribution is -2.26. The van der Waals surface area contributed by atoms with Gasteiger partial charge in [0.25, 0.3) is 0 Å². The van der Waals surface area contributed by atoms with Crippen LogP contribution in [0.1, 0.15) is 30.0 Å². The molecule has 2 heterocycles. The molecule has 1 atom stereocenters.